The Balaban J connectivity index is 1.90. The molecule has 0 spiro atoms. The zero-order chi connectivity index (χ0) is 24.0. The first-order chi connectivity index (χ1) is 15.8. The quantitative estimate of drug-likeness (QED) is 0.352. The zero-order valence-corrected chi connectivity index (χ0v) is 20.2. The maximum atomic E-state index is 13.3. The van der Waals surface area contributed by atoms with Gasteiger partial charge in [-0.1, -0.05) is 31.2 Å². The van der Waals surface area contributed by atoms with Crippen LogP contribution in [0.4, 0.5) is 5.69 Å². The van der Waals surface area contributed by atoms with Crippen molar-refractivity contribution < 1.29 is 14.6 Å². The Kier molecular flexibility index (Phi) is 8.16. The summed E-state index contributed by atoms with van der Waals surface area (Å²) < 4.78 is 6.61. The summed E-state index contributed by atoms with van der Waals surface area (Å²) in [4.78, 5) is 30.2. The van der Waals surface area contributed by atoms with E-state index in [0.717, 1.165) is 35.7 Å². The molecular formula is C25H29N3O4S. The van der Waals surface area contributed by atoms with E-state index in [4.69, 9.17) is 4.74 Å². The lowest BCUT2D eigenvalue weighted by Crippen LogP contribution is -2.26. The van der Waals surface area contributed by atoms with E-state index in [9.17, 15) is 14.7 Å². The number of amides is 1. The number of benzene rings is 2. The number of ether oxygens (including phenoxy) is 1. The molecule has 1 aromatic heterocycles. The van der Waals surface area contributed by atoms with E-state index in [0.29, 0.717) is 29.1 Å². The van der Waals surface area contributed by atoms with Crippen molar-refractivity contribution in [3.63, 3.8) is 0 Å². The number of aromatic hydroxyl groups is 1. The van der Waals surface area contributed by atoms with Gasteiger partial charge in [0.25, 0.3) is 5.56 Å². The van der Waals surface area contributed by atoms with Gasteiger partial charge in [0.2, 0.25) is 11.8 Å². The Hall–Kier alpha value is -3.26. The maximum Gasteiger partial charge on any atom is 0.265 e. The van der Waals surface area contributed by atoms with Crippen LogP contribution in [0, 0.1) is 13.8 Å². The molecule has 2 N–H and O–H groups in total. The topological polar surface area (TPSA) is 93.4 Å². The third-order valence-corrected chi connectivity index (χ3v) is 6.30. The lowest BCUT2D eigenvalue weighted by molar-refractivity contribution is -0.113. The molecule has 7 nitrogen and oxygen atoms in total. The number of aryl methyl sites for hydroxylation is 2. The van der Waals surface area contributed by atoms with Crippen LogP contribution in [0.25, 0.3) is 5.69 Å². The standard InChI is InChI=1S/C25H29N3O4S/c1-5-6-7-21-23(30)27-25(28(24(21)31)19-11-8-16(2)17(3)14-19)33-15-22(29)26-18-9-12-20(32-4)13-10-18/h8-14,30H,5-7,15H2,1-4H3,(H,26,29). The molecule has 0 fully saturated rings. The number of thioether (sulfide) groups is 1. The molecule has 174 valence electrons. The summed E-state index contributed by atoms with van der Waals surface area (Å²) in [6.07, 6.45) is 2.11. The van der Waals surface area contributed by atoms with Crippen LogP contribution in [0.1, 0.15) is 36.5 Å². The summed E-state index contributed by atoms with van der Waals surface area (Å²) in [6, 6.07) is 12.7. The number of hydrogen-bond donors (Lipinski definition) is 2. The van der Waals surface area contributed by atoms with Gasteiger partial charge in [-0.2, -0.15) is 4.98 Å². The minimum atomic E-state index is -0.308. The first-order valence-corrected chi connectivity index (χ1v) is 11.8. The molecular weight excluding hydrogens is 438 g/mol. The normalized spacial score (nSPS) is 10.8. The molecule has 0 bridgehead atoms. The fraction of sp³-hybridized carbons (Fsp3) is 0.320. The third kappa shape index (κ3) is 5.96. The monoisotopic (exact) mass is 467 g/mol. The van der Waals surface area contributed by atoms with E-state index in [1.807, 2.05) is 39.0 Å². The highest BCUT2D eigenvalue weighted by Gasteiger charge is 2.19. The van der Waals surface area contributed by atoms with Crippen LogP contribution < -0.4 is 15.6 Å². The van der Waals surface area contributed by atoms with E-state index in [1.165, 1.54) is 4.57 Å². The van der Waals surface area contributed by atoms with Crippen molar-refractivity contribution in [2.45, 2.75) is 45.2 Å². The minimum absolute atomic E-state index is 0.0249. The lowest BCUT2D eigenvalue weighted by atomic mass is 10.1. The first kappa shape index (κ1) is 24.4. The molecule has 33 heavy (non-hydrogen) atoms. The van der Waals surface area contributed by atoms with Gasteiger partial charge in [-0.15, -0.1) is 0 Å². The van der Waals surface area contributed by atoms with E-state index in [1.54, 1.807) is 31.4 Å². The molecule has 3 aromatic rings. The van der Waals surface area contributed by atoms with Crippen LogP contribution in [-0.2, 0) is 11.2 Å². The SMILES string of the molecule is CCCCc1c(O)nc(SCC(=O)Nc2ccc(OC)cc2)n(-c2ccc(C)c(C)c2)c1=O. The lowest BCUT2D eigenvalue weighted by Gasteiger charge is -2.15. The highest BCUT2D eigenvalue weighted by molar-refractivity contribution is 7.99. The van der Waals surface area contributed by atoms with E-state index in [2.05, 4.69) is 10.3 Å². The number of hydrogen-bond acceptors (Lipinski definition) is 6. The van der Waals surface area contributed by atoms with E-state index in [-0.39, 0.29) is 28.3 Å². The van der Waals surface area contributed by atoms with Crippen LogP contribution in [0.3, 0.4) is 0 Å². The molecule has 0 aliphatic heterocycles. The van der Waals surface area contributed by atoms with Gasteiger partial charge in [0.15, 0.2) is 5.16 Å². The fourth-order valence-electron chi connectivity index (χ4n) is 3.29. The summed E-state index contributed by atoms with van der Waals surface area (Å²) in [7, 11) is 1.58. The van der Waals surface area contributed by atoms with Crippen molar-refractivity contribution in [2.75, 3.05) is 18.2 Å². The smallest absolute Gasteiger partial charge is 0.265 e. The van der Waals surface area contributed by atoms with E-state index < -0.39 is 0 Å². The summed E-state index contributed by atoms with van der Waals surface area (Å²) in [5.74, 6) is 0.201. The maximum absolute atomic E-state index is 13.3. The van der Waals surface area contributed by atoms with Crippen LogP contribution in [0.2, 0.25) is 0 Å². The van der Waals surface area contributed by atoms with Crippen molar-refractivity contribution in [2.24, 2.45) is 0 Å². The van der Waals surface area contributed by atoms with Crippen molar-refractivity contribution in [3.8, 4) is 17.3 Å². The molecule has 2 aromatic carbocycles. The Labute approximate surface area is 197 Å². The molecule has 0 unspecified atom stereocenters. The van der Waals surface area contributed by atoms with Crippen LogP contribution in [-0.4, -0.2) is 33.4 Å². The van der Waals surface area contributed by atoms with Crippen LogP contribution in [0.15, 0.2) is 52.4 Å². The second-order valence-corrected chi connectivity index (χ2v) is 8.72. The highest BCUT2D eigenvalue weighted by atomic mass is 32.2. The Morgan fingerprint density at radius 1 is 1.15 bits per heavy atom. The van der Waals surface area contributed by atoms with Gasteiger partial charge in [-0.05, 0) is 74.2 Å². The second kappa shape index (κ2) is 11.0. The Morgan fingerprint density at radius 3 is 2.52 bits per heavy atom. The van der Waals surface area contributed by atoms with Gasteiger partial charge in [0.1, 0.15) is 5.75 Å². The van der Waals surface area contributed by atoms with Crippen molar-refractivity contribution in [1.29, 1.82) is 0 Å². The zero-order valence-electron chi connectivity index (χ0n) is 19.3. The molecule has 0 saturated heterocycles. The van der Waals surface area contributed by atoms with Crippen LogP contribution >= 0.6 is 11.8 Å². The molecule has 0 aliphatic carbocycles. The largest absolute Gasteiger partial charge is 0.497 e. The molecule has 0 aliphatic rings. The summed E-state index contributed by atoms with van der Waals surface area (Å²) in [6.45, 7) is 6.01. The molecule has 1 heterocycles. The number of nitrogens with zero attached hydrogens (tertiary/aromatic N) is 2. The predicted octanol–water partition coefficient (Wildman–Crippen LogP) is 4.64. The molecule has 0 radical (unpaired) electrons. The van der Waals surface area contributed by atoms with Crippen LogP contribution in [0.5, 0.6) is 11.6 Å². The number of nitrogens with one attached hydrogen (secondary N) is 1. The minimum Gasteiger partial charge on any atom is -0.497 e. The molecule has 1 amide bonds. The van der Waals surface area contributed by atoms with Gasteiger partial charge in [-0.25, -0.2) is 0 Å². The average molecular weight is 468 g/mol. The summed E-state index contributed by atoms with van der Waals surface area (Å²) >= 11 is 1.10. The molecule has 3 rings (SSSR count). The van der Waals surface area contributed by atoms with Crippen molar-refractivity contribution in [1.82, 2.24) is 9.55 Å². The van der Waals surface area contributed by atoms with Gasteiger partial charge in [-0.3, -0.25) is 14.2 Å². The Bertz CT molecular complexity index is 1190. The predicted molar refractivity (Wildman–Crippen MR) is 132 cm³/mol. The molecule has 8 heteroatoms. The summed E-state index contributed by atoms with van der Waals surface area (Å²) in [5, 5.41) is 13.6. The number of anilines is 1. The van der Waals surface area contributed by atoms with E-state index >= 15 is 0 Å². The van der Waals surface area contributed by atoms with Crippen molar-refractivity contribution in [3.05, 3.63) is 69.5 Å². The number of aromatic nitrogens is 2. The summed E-state index contributed by atoms with van der Waals surface area (Å²) in [5.41, 5.74) is 3.43. The van der Waals surface area contributed by atoms with Gasteiger partial charge < -0.3 is 15.2 Å². The first-order valence-electron chi connectivity index (χ1n) is 10.8. The Morgan fingerprint density at radius 2 is 1.88 bits per heavy atom. The van der Waals surface area contributed by atoms with Crippen molar-refractivity contribution >= 4 is 23.4 Å². The number of unbranched alkanes of at least 4 members (excludes halogenated alkanes) is 1. The van der Waals surface area contributed by atoms with Gasteiger partial charge >= 0.3 is 0 Å². The fourth-order valence-corrected chi connectivity index (χ4v) is 4.09. The van der Waals surface area contributed by atoms with Gasteiger partial charge in [0.05, 0.1) is 24.1 Å². The number of rotatable bonds is 9. The molecule has 0 atom stereocenters. The third-order valence-electron chi connectivity index (χ3n) is 5.36. The van der Waals surface area contributed by atoms with Gasteiger partial charge in [0, 0.05) is 5.69 Å². The number of methoxy groups -OCH3 is 1. The number of carbonyl (C=O) groups excluding carboxylic acids is 1. The average Bonchev–Trinajstić information content (AvgIpc) is 2.80. The second-order valence-electron chi connectivity index (χ2n) is 7.77. The number of carbonyl (C=O) groups is 1. The highest BCUT2D eigenvalue weighted by Crippen LogP contribution is 2.25. The molecule has 0 saturated carbocycles.